The number of rotatable bonds is 6. The van der Waals surface area contributed by atoms with E-state index in [0.29, 0.717) is 0 Å². The van der Waals surface area contributed by atoms with Crippen LogP contribution in [0.25, 0.3) is 0 Å². The first kappa shape index (κ1) is 14.2. The molecule has 15 heavy (non-hydrogen) atoms. The zero-order valence-corrected chi connectivity index (χ0v) is 10.4. The molecule has 0 heterocycles. The maximum absolute atomic E-state index is 11.2. The molecule has 0 saturated carbocycles. The van der Waals surface area contributed by atoms with Crippen LogP contribution in [0.4, 0.5) is 4.79 Å². The Morgan fingerprint density at radius 1 is 1.20 bits per heavy atom. The van der Waals surface area contributed by atoms with Crippen LogP contribution in [0.15, 0.2) is 0 Å². The van der Waals surface area contributed by atoms with E-state index in [4.69, 9.17) is 4.74 Å². The second-order valence-corrected chi connectivity index (χ2v) is 4.61. The highest BCUT2D eigenvalue weighted by Gasteiger charge is 2.15. The van der Waals surface area contributed by atoms with Crippen LogP contribution < -0.4 is 10.9 Å². The van der Waals surface area contributed by atoms with E-state index < -0.39 is 11.7 Å². The number of carbonyl (C=O) groups is 1. The molecule has 0 radical (unpaired) electrons. The van der Waals surface area contributed by atoms with Gasteiger partial charge in [0.1, 0.15) is 5.60 Å². The van der Waals surface area contributed by atoms with E-state index in [0.717, 1.165) is 13.0 Å². The number of amides is 1. The third-order valence-electron chi connectivity index (χ3n) is 1.74. The van der Waals surface area contributed by atoms with Gasteiger partial charge in [-0.25, -0.2) is 10.2 Å². The Bertz CT molecular complexity index is 176. The maximum atomic E-state index is 11.2. The van der Waals surface area contributed by atoms with Crippen molar-refractivity contribution in [3.63, 3.8) is 0 Å². The van der Waals surface area contributed by atoms with Crippen molar-refractivity contribution in [2.75, 3.05) is 6.54 Å². The van der Waals surface area contributed by atoms with Crippen LogP contribution >= 0.6 is 0 Å². The van der Waals surface area contributed by atoms with Crippen LogP contribution in [-0.2, 0) is 4.74 Å². The topological polar surface area (TPSA) is 50.4 Å². The average molecular weight is 216 g/mol. The Morgan fingerprint density at radius 2 is 1.87 bits per heavy atom. The number of nitrogens with one attached hydrogen (secondary N) is 2. The van der Waals surface area contributed by atoms with Crippen LogP contribution in [-0.4, -0.2) is 18.2 Å². The highest BCUT2D eigenvalue weighted by molar-refractivity contribution is 5.66. The summed E-state index contributed by atoms with van der Waals surface area (Å²) in [5.74, 6) is 0. The molecule has 0 saturated heterocycles. The van der Waals surface area contributed by atoms with Crippen LogP contribution in [0.2, 0.25) is 0 Å². The van der Waals surface area contributed by atoms with Gasteiger partial charge >= 0.3 is 6.09 Å². The van der Waals surface area contributed by atoms with Gasteiger partial charge in [0.05, 0.1) is 0 Å². The Labute approximate surface area is 92.7 Å². The first-order chi connectivity index (χ1) is 6.95. The van der Waals surface area contributed by atoms with Gasteiger partial charge in [0.15, 0.2) is 0 Å². The standard InChI is InChI=1S/C11H24N2O2/c1-5-6-7-8-9-12-13-10(14)15-11(2,3)4/h12H,5-9H2,1-4H3,(H,13,14). The Balaban J connectivity index is 3.32. The molecular formula is C11H24N2O2. The summed E-state index contributed by atoms with van der Waals surface area (Å²) in [6.45, 7) is 8.49. The molecule has 4 nitrogen and oxygen atoms in total. The van der Waals surface area contributed by atoms with Gasteiger partial charge in [-0.05, 0) is 27.2 Å². The van der Waals surface area contributed by atoms with Crippen molar-refractivity contribution in [2.45, 2.75) is 59.0 Å². The molecule has 0 aromatic rings. The molecule has 4 heteroatoms. The number of unbranched alkanes of at least 4 members (excludes halogenated alkanes) is 3. The fraction of sp³-hybridized carbons (Fsp3) is 0.909. The SMILES string of the molecule is CCCCCCNNC(=O)OC(C)(C)C. The molecule has 0 aromatic carbocycles. The first-order valence-electron chi connectivity index (χ1n) is 5.67. The summed E-state index contributed by atoms with van der Waals surface area (Å²) in [4.78, 5) is 11.2. The Kier molecular flexibility index (Phi) is 7.13. The van der Waals surface area contributed by atoms with E-state index >= 15 is 0 Å². The van der Waals surface area contributed by atoms with E-state index in [1.165, 1.54) is 19.3 Å². The van der Waals surface area contributed by atoms with E-state index in [1.807, 2.05) is 20.8 Å². The van der Waals surface area contributed by atoms with E-state index in [2.05, 4.69) is 17.8 Å². The fourth-order valence-corrected chi connectivity index (χ4v) is 1.08. The van der Waals surface area contributed by atoms with Crippen LogP contribution in [0, 0.1) is 0 Å². The summed E-state index contributed by atoms with van der Waals surface area (Å²) in [7, 11) is 0. The Morgan fingerprint density at radius 3 is 2.40 bits per heavy atom. The summed E-state index contributed by atoms with van der Waals surface area (Å²) in [5.41, 5.74) is 4.91. The van der Waals surface area contributed by atoms with E-state index in [-0.39, 0.29) is 0 Å². The average Bonchev–Trinajstić information content (AvgIpc) is 2.08. The maximum Gasteiger partial charge on any atom is 0.422 e. The van der Waals surface area contributed by atoms with Crippen molar-refractivity contribution in [1.29, 1.82) is 0 Å². The van der Waals surface area contributed by atoms with Gasteiger partial charge in [0.2, 0.25) is 0 Å². The molecule has 90 valence electrons. The molecule has 0 aliphatic carbocycles. The summed E-state index contributed by atoms with van der Waals surface area (Å²) in [6, 6.07) is 0. The summed E-state index contributed by atoms with van der Waals surface area (Å²) >= 11 is 0. The largest absolute Gasteiger partial charge is 0.443 e. The zero-order valence-electron chi connectivity index (χ0n) is 10.4. The van der Waals surface area contributed by atoms with Crippen molar-refractivity contribution in [1.82, 2.24) is 10.9 Å². The lowest BCUT2D eigenvalue weighted by Crippen LogP contribution is -2.41. The second kappa shape index (κ2) is 7.51. The molecule has 0 rings (SSSR count). The molecule has 0 fully saturated rings. The molecule has 0 aromatic heterocycles. The van der Waals surface area contributed by atoms with Gasteiger partial charge in [0, 0.05) is 6.54 Å². The van der Waals surface area contributed by atoms with Crippen molar-refractivity contribution >= 4 is 6.09 Å². The number of hydrogen-bond donors (Lipinski definition) is 2. The molecule has 2 N–H and O–H groups in total. The number of hydrogen-bond acceptors (Lipinski definition) is 3. The highest BCUT2D eigenvalue weighted by atomic mass is 16.6. The lowest BCUT2D eigenvalue weighted by atomic mass is 10.2. The lowest BCUT2D eigenvalue weighted by Gasteiger charge is -2.19. The normalized spacial score (nSPS) is 11.2. The fourth-order valence-electron chi connectivity index (χ4n) is 1.08. The van der Waals surface area contributed by atoms with Crippen molar-refractivity contribution < 1.29 is 9.53 Å². The van der Waals surface area contributed by atoms with Crippen molar-refractivity contribution in [2.24, 2.45) is 0 Å². The quantitative estimate of drug-likeness (QED) is 0.530. The highest BCUT2D eigenvalue weighted by Crippen LogP contribution is 2.05. The third-order valence-corrected chi connectivity index (χ3v) is 1.74. The second-order valence-electron chi connectivity index (χ2n) is 4.61. The molecular weight excluding hydrogens is 192 g/mol. The van der Waals surface area contributed by atoms with Crippen LogP contribution in [0.1, 0.15) is 53.4 Å². The molecule has 0 atom stereocenters. The smallest absolute Gasteiger partial charge is 0.422 e. The molecule has 0 aliphatic rings. The van der Waals surface area contributed by atoms with Gasteiger partial charge in [-0.3, -0.25) is 5.43 Å². The molecule has 0 unspecified atom stereocenters. The third kappa shape index (κ3) is 11.2. The lowest BCUT2D eigenvalue weighted by molar-refractivity contribution is 0.0498. The monoisotopic (exact) mass is 216 g/mol. The summed E-state index contributed by atoms with van der Waals surface area (Å²) < 4.78 is 5.05. The predicted octanol–water partition coefficient (Wildman–Crippen LogP) is 2.60. The summed E-state index contributed by atoms with van der Waals surface area (Å²) in [6.07, 6.45) is 4.31. The van der Waals surface area contributed by atoms with Crippen LogP contribution in [0.3, 0.4) is 0 Å². The predicted molar refractivity (Wildman–Crippen MR) is 61.5 cm³/mol. The number of ether oxygens (including phenoxy) is 1. The first-order valence-corrected chi connectivity index (χ1v) is 5.67. The van der Waals surface area contributed by atoms with E-state index in [1.54, 1.807) is 0 Å². The summed E-state index contributed by atoms with van der Waals surface area (Å²) in [5, 5.41) is 0. The van der Waals surface area contributed by atoms with Crippen molar-refractivity contribution in [3.8, 4) is 0 Å². The molecule has 0 aliphatic heterocycles. The minimum Gasteiger partial charge on any atom is -0.443 e. The number of hydrazine groups is 1. The molecule has 0 bridgehead atoms. The minimum atomic E-state index is -0.437. The van der Waals surface area contributed by atoms with Gasteiger partial charge in [-0.2, -0.15) is 0 Å². The van der Waals surface area contributed by atoms with Crippen molar-refractivity contribution in [3.05, 3.63) is 0 Å². The zero-order chi connectivity index (χ0) is 11.7. The minimum absolute atomic E-state index is 0.419. The van der Waals surface area contributed by atoms with Gasteiger partial charge in [-0.15, -0.1) is 0 Å². The van der Waals surface area contributed by atoms with E-state index in [9.17, 15) is 4.79 Å². The van der Waals surface area contributed by atoms with Gasteiger partial charge in [0.25, 0.3) is 0 Å². The van der Waals surface area contributed by atoms with Gasteiger partial charge in [-0.1, -0.05) is 26.2 Å². The number of carbonyl (C=O) groups excluding carboxylic acids is 1. The Hall–Kier alpha value is -0.770. The van der Waals surface area contributed by atoms with Crippen LogP contribution in [0.5, 0.6) is 0 Å². The van der Waals surface area contributed by atoms with Gasteiger partial charge < -0.3 is 4.74 Å². The molecule has 0 spiro atoms. The molecule has 1 amide bonds.